The van der Waals surface area contributed by atoms with Gasteiger partial charge in [0.05, 0.1) is 18.4 Å². The molecule has 2 N–H and O–H groups in total. The van der Waals surface area contributed by atoms with Crippen LogP contribution in [0.25, 0.3) is 10.9 Å². The number of alkyl halides is 3. The Morgan fingerprint density at radius 2 is 1.90 bits per heavy atom. The molecule has 0 aliphatic carbocycles. The minimum absolute atomic E-state index is 0.00384. The second kappa shape index (κ2) is 8.10. The van der Waals surface area contributed by atoms with Crippen molar-refractivity contribution in [3.05, 3.63) is 95.6 Å². The molecule has 154 valence electrons. The van der Waals surface area contributed by atoms with Crippen LogP contribution in [0, 0.1) is 0 Å². The van der Waals surface area contributed by atoms with E-state index in [-0.39, 0.29) is 18.9 Å². The van der Waals surface area contributed by atoms with E-state index in [1.165, 1.54) is 12.3 Å². The monoisotopic (exact) mass is 412 g/mol. The van der Waals surface area contributed by atoms with Crippen molar-refractivity contribution in [3.63, 3.8) is 0 Å². The average molecular weight is 412 g/mol. The zero-order valence-electron chi connectivity index (χ0n) is 15.9. The Kier molecular flexibility index (Phi) is 5.35. The molecule has 0 unspecified atom stereocenters. The predicted molar refractivity (Wildman–Crippen MR) is 107 cm³/mol. The highest BCUT2D eigenvalue weighted by Crippen LogP contribution is 2.36. The van der Waals surface area contributed by atoms with Crippen LogP contribution in [-0.4, -0.2) is 10.9 Å². The summed E-state index contributed by atoms with van der Waals surface area (Å²) in [7, 11) is 0. The Morgan fingerprint density at radius 1 is 1.07 bits per heavy atom. The van der Waals surface area contributed by atoms with Crippen LogP contribution < -0.4 is 5.32 Å². The Morgan fingerprint density at radius 3 is 2.67 bits per heavy atom. The van der Waals surface area contributed by atoms with Crippen molar-refractivity contribution in [2.24, 2.45) is 0 Å². The molecule has 4 rings (SSSR count). The summed E-state index contributed by atoms with van der Waals surface area (Å²) in [5.41, 5.74) is 1.34. The third-order valence-electron chi connectivity index (χ3n) is 5.04. The molecule has 30 heavy (non-hydrogen) atoms. The van der Waals surface area contributed by atoms with Gasteiger partial charge in [-0.1, -0.05) is 36.4 Å². The molecule has 0 bridgehead atoms. The molecule has 1 atom stereocenters. The van der Waals surface area contributed by atoms with Gasteiger partial charge in [-0.3, -0.25) is 4.79 Å². The molecule has 0 saturated heterocycles. The topological polar surface area (TPSA) is 58.0 Å². The second-order valence-corrected chi connectivity index (χ2v) is 7.03. The van der Waals surface area contributed by atoms with Crippen LogP contribution in [0.3, 0.4) is 0 Å². The molecule has 7 heteroatoms. The van der Waals surface area contributed by atoms with Crippen LogP contribution in [0.5, 0.6) is 0 Å². The molecule has 2 aromatic heterocycles. The van der Waals surface area contributed by atoms with Gasteiger partial charge in [-0.15, -0.1) is 0 Å². The summed E-state index contributed by atoms with van der Waals surface area (Å²) in [5.74, 6) is -0.217. The number of hydrogen-bond acceptors (Lipinski definition) is 2. The Bertz CT molecular complexity index is 1150. The van der Waals surface area contributed by atoms with Crippen molar-refractivity contribution in [3.8, 4) is 0 Å². The fourth-order valence-corrected chi connectivity index (χ4v) is 3.58. The van der Waals surface area contributed by atoms with Gasteiger partial charge in [0.15, 0.2) is 0 Å². The van der Waals surface area contributed by atoms with E-state index >= 15 is 0 Å². The highest BCUT2D eigenvalue weighted by molar-refractivity contribution is 5.86. The van der Waals surface area contributed by atoms with Crippen molar-refractivity contribution >= 4 is 16.8 Å². The summed E-state index contributed by atoms with van der Waals surface area (Å²) in [6.45, 7) is 0.217. The third kappa shape index (κ3) is 4.25. The van der Waals surface area contributed by atoms with E-state index in [1.807, 2.05) is 24.3 Å². The highest BCUT2D eigenvalue weighted by atomic mass is 19.4. The summed E-state index contributed by atoms with van der Waals surface area (Å²) in [4.78, 5) is 15.8. The zero-order chi connectivity index (χ0) is 21.1. The maximum Gasteiger partial charge on any atom is 0.416 e. The number of furan rings is 1. The van der Waals surface area contributed by atoms with E-state index in [0.717, 1.165) is 28.6 Å². The zero-order valence-corrected chi connectivity index (χ0v) is 15.9. The SMILES string of the molecule is O=C(C[C@H](c1cccc(C(F)(F)F)c1)c1c[nH]c2ccccc12)NCc1ccco1. The Balaban J connectivity index is 1.67. The maximum absolute atomic E-state index is 13.3. The molecule has 0 radical (unpaired) electrons. The quantitative estimate of drug-likeness (QED) is 0.432. The van der Waals surface area contributed by atoms with E-state index in [1.54, 1.807) is 24.4 Å². The lowest BCUT2D eigenvalue weighted by Crippen LogP contribution is -2.24. The van der Waals surface area contributed by atoms with Crippen molar-refractivity contribution in [2.75, 3.05) is 0 Å². The van der Waals surface area contributed by atoms with E-state index < -0.39 is 17.7 Å². The number of hydrogen-bond donors (Lipinski definition) is 2. The van der Waals surface area contributed by atoms with Gasteiger partial charge in [-0.05, 0) is 35.4 Å². The second-order valence-electron chi connectivity index (χ2n) is 7.03. The number of nitrogens with one attached hydrogen (secondary N) is 2. The van der Waals surface area contributed by atoms with E-state index in [0.29, 0.717) is 11.3 Å². The van der Waals surface area contributed by atoms with Gasteiger partial charge in [0.25, 0.3) is 0 Å². The van der Waals surface area contributed by atoms with Gasteiger partial charge in [0.2, 0.25) is 5.91 Å². The molecular weight excluding hydrogens is 393 g/mol. The minimum Gasteiger partial charge on any atom is -0.467 e. The molecule has 0 saturated carbocycles. The molecule has 2 aromatic carbocycles. The number of H-pyrrole nitrogens is 1. The number of amides is 1. The van der Waals surface area contributed by atoms with Crippen molar-refractivity contribution in [1.29, 1.82) is 0 Å². The summed E-state index contributed by atoms with van der Waals surface area (Å²) in [5, 5.41) is 3.65. The number of aromatic amines is 1. The Labute approximate surface area is 170 Å². The largest absolute Gasteiger partial charge is 0.467 e. The first-order valence-electron chi connectivity index (χ1n) is 9.44. The lowest BCUT2D eigenvalue weighted by Gasteiger charge is -2.18. The van der Waals surface area contributed by atoms with Crippen LogP contribution in [0.1, 0.15) is 34.8 Å². The molecule has 0 aliphatic rings. The fourth-order valence-electron chi connectivity index (χ4n) is 3.58. The molecule has 1 amide bonds. The normalized spacial score (nSPS) is 12.8. The van der Waals surface area contributed by atoms with Gasteiger partial charge >= 0.3 is 6.18 Å². The molecule has 0 aliphatic heterocycles. The van der Waals surface area contributed by atoms with Gasteiger partial charge in [-0.2, -0.15) is 13.2 Å². The first-order valence-corrected chi connectivity index (χ1v) is 9.44. The van der Waals surface area contributed by atoms with Gasteiger partial charge in [0.1, 0.15) is 5.76 Å². The van der Waals surface area contributed by atoms with E-state index in [2.05, 4.69) is 10.3 Å². The average Bonchev–Trinajstić information content (AvgIpc) is 3.40. The number of halogens is 3. The van der Waals surface area contributed by atoms with Crippen molar-refractivity contribution < 1.29 is 22.4 Å². The smallest absolute Gasteiger partial charge is 0.416 e. The van der Waals surface area contributed by atoms with Crippen LogP contribution in [0.2, 0.25) is 0 Å². The van der Waals surface area contributed by atoms with Crippen LogP contribution in [-0.2, 0) is 17.5 Å². The third-order valence-corrected chi connectivity index (χ3v) is 5.04. The molecule has 2 heterocycles. The van der Waals surface area contributed by atoms with Gasteiger partial charge in [-0.25, -0.2) is 0 Å². The lowest BCUT2D eigenvalue weighted by atomic mass is 9.87. The number of carbonyl (C=O) groups is 1. The number of para-hydroxylation sites is 1. The summed E-state index contributed by atoms with van der Waals surface area (Å²) in [6, 6.07) is 16.1. The Hall–Kier alpha value is -3.48. The summed E-state index contributed by atoms with van der Waals surface area (Å²) >= 11 is 0. The maximum atomic E-state index is 13.3. The first kappa shape index (κ1) is 19.8. The minimum atomic E-state index is -4.46. The van der Waals surface area contributed by atoms with Crippen molar-refractivity contribution in [2.45, 2.75) is 25.1 Å². The number of fused-ring (bicyclic) bond motifs is 1. The standard InChI is InChI=1S/C23H19F3N2O2/c24-23(25,26)16-6-3-5-15(11-16)19(12-22(29)28-13-17-7-4-10-30-17)20-14-27-21-9-2-1-8-18(20)21/h1-11,14,19,27H,12-13H2,(H,28,29)/t19-/m1/s1. The van der Waals surface area contributed by atoms with Crippen LogP contribution in [0.15, 0.2) is 77.5 Å². The molecule has 4 nitrogen and oxygen atoms in total. The fraction of sp³-hybridized carbons (Fsp3) is 0.174. The molecular formula is C23H19F3N2O2. The first-order chi connectivity index (χ1) is 14.4. The number of aromatic nitrogens is 1. The molecule has 0 fully saturated rings. The molecule has 4 aromatic rings. The van der Waals surface area contributed by atoms with Gasteiger partial charge in [0, 0.05) is 29.4 Å². The molecule has 0 spiro atoms. The summed E-state index contributed by atoms with van der Waals surface area (Å²) in [6.07, 6.45) is -1.18. The van der Waals surface area contributed by atoms with Crippen LogP contribution >= 0.6 is 0 Å². The van der Waals surface area contributed by atoms with E-state index in [9.17, 15) is 18.0 Å². The number of rotatable bonds is 6. The van der Waals surface area contributed by atoms with Crippen molar-refractivity contribution in [1.82, 2.24) is 10.3 Å². The predicted octanol–water partition coefficient (Wildman–Crippen LogP) is 5.62. The van der Waals surface area contributed by atoms with E-state index in [4.69, 9.17) is 4.42 Å². The number of benzene rings is 2. The van der Waals surface area contributed by atoms with Gasteiger partial charge < -0.3 is 14.7 Å². The lowest BCUT2D eigenvalue weighted by molar-refractivity contribution is -0.137. The van der Waals surface area contributed by atoms with Crippen LogP contribution in [0.4, 0.5) is 13.2 Å². The number of carbonyl (C=O) groups excluding carboxylic acids is 1. The highest BCUT2D eigenvalue weighted by Gasteiger charge is 2.31. The summed E-state index contributed by atoms with van der Waals surface area (Å²) < 4.78 is 45.0.